The Morgan fingerprint density at radius 1 is 1.07 bits per heavy atom. The molecule has 0 bridgehead atoms. The van der Waals surface area contributed by atoms with Crippen LogP contribution in [0.1, 0.15) is 96.9 Å². The van der Waals surface area contributed by atoms with Crippen LogP contribution in [0.3, 0.4) is 0 Å². The summed E-state index contributed by atoms with van der Waals surface area (Å²) in [6.07, 6.45) is 3.65. The third-order valence-electron chi connectivity index (χ3n) is 6.08. The number of aromatic nitrogens is 6. The minimum Gasteiger partial charge on any atom is -0.507 e. The largest absolute Gasteiger partial charge is 0.507 e. The molecule has 7 nitrogen and oxygen atoms in total. The molecule has 0 radical (unpaired) electrons. The number of phenols is 1. The number of H-pyrrole nitrogens is 2. The molecule has 0 aliphatic heterocycles. The standard InChI is InChI=1S/C22H30N6O/c1-11(2)20-19(21(12(3)4)26-25-20)17(10-18-23-27-28-24-18)16-9-13(5)22(29)15-8-6-7-14(15)16/h9,11-12,17,29H,6-8,10H2,1-5H3,(H,25,26)(H,23,24,27,28). The number of aromatic amines is 2. The molecule has 2 aromatic heterocycles. The lowest BCUT2D eigenvalue weighted by Crippen LogP contribution is -2.14. The maximum Gasteiger partial charge on any atom is 0.175 e. The molecule has 7 heteroatoms. The van der Waals surface area contributed by atoms with Crippen LogP contribution in [0.5, 0.6) is 5.75 Å². The quantitative estimate of drug-likeness (QED) is 0.585. The Balaban J connectivity index is 1.95. The first-order chi connectivity index (χ1) is 13.9. The van der Waals surface area contributed by atoms with Gasteiger partial charge >= 0.3 is 0 Å². The van der Waals surface area contributed by atoms with Crippen molar-refractivity contribution in [2.75, 3.05) is 0 Å². The van der Waals surface area contributed by atoms with Crippen molar-refractivity contribution in [1.82, 2.24) is 30.8 Å². The first-order valence-corrected chi connectivity index (χ1v) is 10.5. The number of rotatable bonds is 6. The number of phenolic OH excluding ortho intramolecular Hbond substituents is 1. The van der Waals surface area contributed by atoms with E-state index >= 15 is 0 Å². The van der Waals surface area contributed by atoms with Crippen molar-refractivity contribution in [3.63, 3.8) is 0 Å². The Morgan fingerprint density at radius 2 is 1.83 bits per heavy atom. The number of aryl methyl sites for hydroxylation is 1. The smallest absolute Gasteiger partial charge is 0.175 e. The molecule has 0 saturated heterocycles. The fourth-order valence-corrected chi connectivity index (χ4v) is 4.71. The van der Waals surface area contributed by atoms with Crippen molar-refractivity contribution in [1.29, 1.82) is 0 Å². The van der Waals surface area contributed by atoms with Gasteiger partial charge in [-0.3, -0.25) is 5.10 Å². The van der Waals surface area contributed by atoms with Gasteiger partial charge in [0.05, 0.1) is 5.69 Å². The predicted molar refractivity (Wildman–Crippen MR) is 111 cm³/mol. The molecule has 0 spiro atoms. The molecule has 1 aliphatic carbocycles. The van der Waals surface area contributed by atoms with Crippen molar-refractivity contribution < 1.29 is 5.11 Å². The molecule has 3 aromatic rings. The maximum absolute atomic E-state index is 10.6. The molecule has 1 atom stereocenters. The van der Waals surface area contributed by atoms with Crippen LogP contribution in [-0.4, -0.2) is 35.9 Å². The highest BCUT2D eigenvalue weighted by atomic mass is 16.3. The number of tetrazole rings is 1. The summed E-state index contributed by atoms with van der Waals surface area (Å²) in [6, 6.07) is 2.16. The van der Waals surface area contributed by atoms with E-state index in [-0.39, 0.29) is 5.92 Å². The fraction of sp³-hybridized carbons (Fsp3) is 0.545. The van der Waals surface area contributed by atoms with Crippen LogP contribution in [0.15, 0.2) is 6.07 Å². The van der Waals surface area contributed by atoms with Crippen molar-refractivity contribution in [2.24, 2.45) is 0 Å². The van der Waals surface area contributed by atoms with Gasteiger partial charge in [0.25, 0.3) is 0 Å². The van der Waals surface area contributed by atoms with Crippen LogP contribution >= 0.6 is 0 Å². The van der Waals surface area contributed by atoms with Crippen LogP contribution in [0, 0.1) is 6.92 Å². The van der Waals surface area contributed by atoms with Crippen LogP contribution in [0.2, 0.25) is 0 Å². The van der Waals surface area contributed by atoms with Crippen molar-refractivity contribution in [3.8, 4) is 5.75 Å². The summed E-state index contributed by atoms with van der Waals surface area (Å²) in [7, 11) is 0. The average Bonchev–Trinajstić information content (AvgIpc) is 3.42. The zero-order chi connectivity index (χ0) is 20.7. The fourth-order valence-electron chi connectivity index (χ4n) is 4.71. The average molecular weight is 395 g/mol. The van der Waals surface area contributed by atoms with Crippen LogP contribution in [-0.2, 0) is 19.3 Å². The van der Waals surface area contributed by atoms with E-state index in [9.17, 15) is 5.11 Å². The van der Waals surface area contributed by atoms with Gasteiger partial charge in [-0.25, -0.2) is 0 Å². The highest BCUT2D eigenvalue weighted by Gasteiger charge is 2.32. The number of nitrogens with one attached hydrogen (secondary N) is 2. The Bertz CT molecular complexity index is 977. The van der Waals surface area contributed by atoms with Gasteiger partial charge in [-0.05, 0) is 60.3 Å². The molecule has 3 N–H and O–H groups in total. The molecular formula is C22H30N6O. The van der Waals surface area contributed by atoms with E-state index in [1.165, 1.54) is 22.4 Å². The van der Waals surface area contributed by atoms with Crippen LogP contribution in [0.4, 0.5) is 0 Å². The van der Waals surface area contributed by atoms with Gasteiger partial charge in [-0.2, -0.15) is 10.3 Å². The van der Waals surface area contributed by atoms with E-state index in [4.69, 9.17) is 5.10 Å². The summed E-state index contributed by atoms with van der Waals surface area (Å²) in [5, 5.41) is 33.5. The minimum atomic E-state index is 0.0623. The lowest BCUT2D eigenvalue weighted by Gasteiger charge is -2.24. The molecule has 1 unspecified atom stereocenters. The molecule has 29 heavy (non-hydrogen) atoms. The predicted octanol–water partition coefficient (Wildman–Crippen LogP) is 4.05. The zero-order valence-corrected chi connectivity index (χ0v) is 17.9. The Hall–Kier alpha value is -2.70. The topological polar surface area (TPSA) is 103 Å². The van der Waals surface area contributed by atoms with Gasteiger partial charge < -0.3 is 5.11 Å². The van der Waals surface area contributed by atoms with Gasteiger partial charge in [-0.15, -0.1) is 10.2 Å². The molecule has 0 saturated carbocycles. The second kappa shape index (κ2) is 7.61. The third-order valence-corrected chi connectivity index (χ3v) is 6.08. The molecule has 1 aromatic carbocycles. The van der Waals surface area contributed by atoms with Crippen LogP contribution in [0.25, 0.3) is 0 Å². The van der Waals surface area contributed by atoms with E-state index in [1.54, 1.807) is 0 Å². The van der Waals surface area contributed by atoms with Gasteiger partial charge in [0.15, 0.2) is 5.82 Å². The van der Waals surface area contributed by atoms with Gasteiger partial charge in [0.1, 0.15) is 5.75 Å². The summed E-state index contributed by atoms with van der Waals surface area (Å²) in [4.78, 5) is 0. The Morgan fingerprint density at radius 3 is 2.48 bits per heavy atom. The highest BCUT2D eigenvalue weighted by molar-refractivity contribution is 5.55. The number of hydrogen-bond acceptors (Lipinski definition) is 5. The highest BCUT2D eigenvalue weighted by Crippen LogP contribution is 2.43. The Kier molecular flexibility index (Phi) is 5.15. The number of hydrogen-bond donors (Lipinski definition) is 3. The van der Waals surface area contributed by atoms with Crippen LogP contribution < -0.4 is 0 Å². The molecular weight excluding hydrogens is 364 g/mol. The van der Waals surface area contributed by atoms with Crippen molar-refractivity contribution >= 4 is 0 Å². The first-order valence-electron chi connectivity index (χ1n) is 10.5. The lowest BCUT2D eigenvalue weighted by atomic mass is 9.79. The van der Waals surface area contributed by atoms with Crippen molar-refractivity contribution in [2.45, 2.75) is 78.1 Å². The number of nitrogens with zero attached hydrogens (tertiary/aromatic N) is 4. The number of benzene rings is 1. The number of aromatic hydroxyl groups is 1. The second-order valence-corrected chi connectivity index (χ2v) is 8.77. The lowest BCUT2D eigenvalue weighted by molar-refractivity contribution is 0.464. The molecule has 0 fully saturated rings. The summed E-state index contributed by atoms with van der Waals surface area (Å²) < 4.78 is 0. The summed E-state index contributed by atoms with van der Waals surface area (Å²) in [6.45, 7) is 10.7. The molecule has 1 aliphatic rings. The van der Waals surface area contributed by atoms with E-state index in [2.05, 4.69) is 59.5 Å². The molecule has 2 heterocycles. The maximum atomic E-state index is 10.6. The normalized spacial score (nSPS) is 14.7. The first kappa shape index (κ1) is 19.6. The molecule has 0 amide bonds. The van der Waals surface area contributed by atoms with E-state index in [1.807, 2.05) is 6.92 Å². The van der Waals surface area contributed by atoms with E-state index in [0.717, 1.165) is 36.1 Å². The molecule has 4 rings (SSSR count). The van der Waals surface area contributed by atoms with Gasteiger partial charge in [0.2, 0.25) is 0 Å². The molecule has 154 valence electrons. The Labute approximate surface area is 171 Å². The minimum absolute atomic E-state index is 0.0623. The van der Waals surface area contributed by atoms with E-state index < -0.39 is 0 Å². The van der Waals surface area contributed by atoms with E-state index in [0.29, 0.717) is 29.8 Å². The summed E-state index contributed by atoms with van der Waals surface area (Å²) >= 11 is 0. The van der Waals surface area contributed by atoms with Gasteiger partial charge in [0, 0.05) is 23.6 Å². The second-order valence-electron chi connectivity index (χ2n) is 8.77. The number of fused-ring (bicyclic) bond motifs is 1. The summed E-state index contributed by atoms with van der Waals surface area (Å²) in [5.74, 6) is 1.84. The summed E-state index contributed by atoms with van der Waals surface area (Å²) in [5.41, 5.74) is 8.10. The monoisotopic (exact) mass is 394 g/mol. The SMILES string of the molecule is Cc1cc(C(Cc2nn[nH]n2)c2c(C(C)C)n[nH]c2C(C)C)c2c(c1O)CCC2. The zero-order valence-electron chi connectivity index (χ0n) is 17.9. The van der Waals surface area contributed by atoms with Crippen molar-refractivity contribution in [3.05, 3.63) is 51.1 Å². The third kappa shape index (κ3) is 3.43. The van der Waals surface area contributed by atoms with Gasteiger partial charge in [-0.1, -0.05) is 39.0 Å².